The number of ketones is 1. The molecule has 2 rings (SSSR count). The number of rotatable bonds is 6. The van der Waals surface area contributed by atoms with Crippen molar-refractivity contribution in [2.45, 2.75) is 18.4 Å². The van der Waals surface area contributed by atoms with Crippen LogP contribution in [0.3, 0.4) is 0 Å². The summed E-state index contributed by atoms with van der Waals surface area (Å²) in [5.41, 5.74) is 1.08. The molecule has 1 aromatic carbocycles. The fourth-order valence-electron chi connectivity index (χ4n) is 1.72. The van der Waals surface area contributed by atoms with E-state index in [0.717, 1.165) is 17.5 Å². The van der Waals surface area contributed by atoms with Crippen molar-refractivity contribution in [3.05, 3.63) is 59.7 Å². The number of pyridine rings is 1. The van der Waals surface area contributed by atoms with Crippen LogP contribution in [0.25, 0.3) is 0 Å². The molecule has 0 bridgehead atoms. The summed E-state index contributed by atoms with van der Waals surface area (Å²) < 4.78 is 13.8. The zero-order valence-corrected chi connectivity index (χ0v) is 12.8. The molecule has 1 N–H and O–H groups in total. The van der Waals surface area contributed by atoms with Crippen LogP contribution in [0, 0.1) is 5.82 Å². The van der Waals surface area contributed by atoms with E-state index in [2.05, 4.69) is 10.3 Å². The summed E-state index contributed by atoms with van der Waals surface area (Å²) in [5.74, 6) is -0.784. The van der Waals surface area contributed by atoms with Crippen LogP contribution in [-0.2, 0) is 11.3 Å². The molecule has 0 fully saturated rings. The molecule has 0 aliphatic heterocycles. The van der Waals surface area contributed by atoms with E-state index in [1.807, 2.05) is 12.1 Å². The molecule has 0 radical (unpaired) electrons. The van der Waals surface area contributed by atoms with E-state index in [4.69, 9.17) is 0 Å². The quantitative estimate of drug-likeness (QED) is 0.657. The third-order valence-electron chi connectivity index (χ3n) is 2.89. The van der Waals surface area contributed by atoms with Gasteiger partial charge in [-0.3, -0.25) is 14.6 Å². The Kier molecular flexibility index (Phi) is 5.66. The van der Waals surface area contributed by atoms with Crippen molar-refractivity contribution in [1.82, 2.24) is 10.3 Å². The average Bonchev–Trinajstić information content (AvgIpc) is 2.52. The molecule has 0 unspecified atom stereocenters. The first-order valence-electron chi connectivity index (χ1n) is 6.66. The summed E-state index contributed by atoms with van der Waals surface area (Å²) in [7, 11) is 0. The number of aromatic nitrogens is 1. The highest BCUT2D eigenvalue weighted by atomic mass is 32.2. The Labute approximate surface area is 132 Å². The van der Waals surface area contributed by atoms with Crippen LogP contribution in [0.15, 0.2) is 47.5 Å². The number of nitrogens with zero attached hydrogens (tertiary/aromatic N) is 1. The lowest BCUT2D eigenvalue weighted by Crippen LogP contribution is -2.25. The minimum absolute atomic E-state index is 0.100. The summed E-state index contributed by atoms with van der Waals surface area (Å²) in [6, 6.07) is 9.72. The van der Waals surface area contributed by atoms with Crippen LogP contribution in [0.5, 0.6) is 0 Å². The van der Waals surface area contributed by atoms with Gasteiger partial charge in [-0.2, -0.15) is 0 Å². The van der Waals surface area contributed by atoms with Crippen LogP contribution in [-0.4, -0.2) is 22.4 Å². The molecule has 6 heteroatoms. The van der Waals surface area contributed by atoms with Crippen molar-refractivity contribution in [3.63, 3.8) is 0 Å². The van der Waals surface area contributed by atoms with E-state index >= 15 is 0 Å². The average molecular weight is 318 g/mol. The topological polar surface area (TPSA) is 59.1 Å². The standard InChI is InChI=1S/C16H15FN2O2S/c1-11(20)12-5-6-15(14(17)8-12)22-10-16(21)19-9-13-4-2-3-7-18-13/h2-8H,9-10H2,1H3,(H,19,21). The molecule has 2 aromatic rings. The summed E-state index contributed by atoms with van der Waals surface area (Å²) in [6.07, 6.45) is 1.65. The van der Waals surface area contributed by atoms with Gasteiger partial charge in [-0.25, -0.2) is 4.39 Å². The fourth-order valence-corrected chi connectivity index (χ4v) is 2.47. The van der Waals surface area contributed by atoms with E-state index < -0.39 is 5.82 Å². The van der Waals surface area contributed by atoms with Crippen molar-refractivity contribution in [2.75, 3.05) is 5.75 Å². The molecule has 4 nitrogen and oxygen atoms in total. The third-order valence-corrected chi connectivity index (χ3v) is 3.94. The number of hydrogen-bond donors (Lipinski definition) is 1. The number of carbonyl (C=O) groups excluding carboxylic acids is 2. The summed E-state index contributed by atoms with van der Waals surface area (Å²) in [4.78, 5) is 27.3. The van der Waals surface area contributed by atoms with Gasteiger partial charge in [0, 0.05) is 16.7 Å². The summed E-state index contributed by atoms with van der Waals surface area (Å²) in [5, 5.41) is 2.72. The third kappa shape index (κ3) is 4.66. The largest absolute Gasteiger partial charge is 0.350 e. The fraction of sp³-hybridized carbons (Fsp3) is 0.188. The first-order valence-corrected chi connectivity index (χ1v) is 7.64. The monoisotopic (exact) mass is 318 g/mol. The van der Waals surface area contributed by atoms with E-state index in [1.165, 1.54) is 19.1 Å². The highest BCUT2D eigenvalue weighted by Crippen LogP contribution is 2.22. The Balaban J connectivity index is 1.85. The summed E-state index contributed by atoms with van der Waals surface area (Å²) >= 11 is 1.09. The van der Waals surface area contributed by atoms with Gasteiger partial charge in [0.1, 0.15) is 5.82 Å². The molecule has 22 heavy (non-hydrogen) atoms. The minimum atomic E-state index is -0.491. The Bertz CT molecular complexity index is 677. The molecule has 0 aliphatic rings. The first-order chi connectivity index (χ1) is 10.6. The molecule has 1 amide bonds. The van der Waals surface area contributed by atoms with E-state index in [9.17, 15) is 14.0 Å². The molecule has 114 valence electrons. The van der Waals surface area contributed by atoms with Crippen LogP contribution >= 0.6 is 11.8 Å². The number of amides is 1. The zero-order chi connectivity index (χ0) is 15.9. The maximum Gasteiger partial charge on any atom is 0.230 e. The number of Topliss-reactive ketones (excluding diaryl/α,β-unsaturated/α-hetero) is 1. The molecule has 0 atom stereocenters. The maximum atomic E-state index is 13.8. The molecule has 0 saturated heterocycles. The number of carbonyl (C=O) groups is 2. The molecule has 0 saturated carbocycles. The molecular formula is C16H15FN2O2S. The van der Waals surface area contributed by atoms with E-state index in [0.29, 0.717) is 17.0 Å². The Morgan fingerprint density at radius 1 is 1.27 bits per heavy atom. The van der Waals surface area contributed by atoms with Crippen LogP contribution in [0.4, 0.5) is 4.39 Å². The lowest BCUT2D eigenvalue weighted by molar-refractivity contribution is -0.118. The predicted octanol–water partition coefficient (Wildman–Crippen LogP) is 2.83. The van der Waals surface area contributed by atoms with Gasteiger partial charge in [0.25, 0.3) is 0 Å². The lowest BCUT2D eigenvalue weighted by Gasteiger charge is -2.06. The van der Waals surface area contributed by atoms with Gasteiger partial charge in [-0.15, -0.1) is 11.8 Å². The zero-order valence-electron chi connectivity index (χ0n) is 12.0. The van der Waals surface area contributed by atoms with Gasteiger partial charge >= 0.3 is 0 Å². The highest BCUT2D eigenvalue weighted by molar-refractivity contribution is 8.00. The van der Waals surface area contributed by atoms with Crippen molar-refractivity contribution >= 4 is 23.5 Å². The Morgan fingerprint density at radius 2 is 2.09 bits per heavy atom. The van der Waals surface area contributed by atoms with Gasteiger partial charge < -0.3 is 5.32 Å². The van der Waals surface area contributed by atoms with Gasteiger partial charge in [0.2, 0.25) is 5.91 Å². The molecule has 1 aromatic heterocycles. The molecule has 0 spiro atoms. The maximum absolute atomic E-state index is 13.8. The number of thioether (sulfide) groups is 1. The van der Waals surface area contributed by atoms with Gasteiger partial charge in [-0.1, -0.05) is 12.1 Å². The highest BCUT2D eigenvalue weighted by Gasteiger charge is 2.09. The molecule has 1 heterocycles. The summed E-state index contributed by atoms with van der Waals surface area (Å²) in [6.45, 7) is 1.72. The van der Waals surface area contributed by atoms with Gasteiger partial charge in [0.15, 0.2) is 5.78 Å². The number of hydrogen-bond acceptors (Lipinski definition) is 4. The van der Waals surface area contributed by atoms with E-state index in [-0.39, 0.29) is 17.4 Å². The Hall–Kier alpha value is -2.21. The van der Waals surface area contributed by atoms with Crippen LogP contribution in [0.2, 0.25) is 0 Å². The Morgan fingerprint density at radius 3 is 2.73 bits per heavy atom. The number of benzene rings is 1. The minimum Gasteiger partial charge on any atom is -0.350 e. The second kappa shape index (κ2) is 7.70. The number of halogens is 1. The van der Waals surface area contributed by atoms with Crippen molar-refractivity contribution in [3.8, 4) is 0 Å². The lowest BCUT2D eigenvalue weighted by atomic mass is 10.1. The smallest absolute Gasteiger partial charge is 0.230 e. The second-order valence-corrected chi connectivity index (χ2v) is 5.61. The molecular weight excluding hydrogens is 303 g/mol. The SMILES string of the molecule is CC(=O)c1ccc(SCC(=O)NCc2ccccn2)c(F)c1. The van der Waals surface area contributed by atoms with Crippen LogP contribution in [0.1, 0.15) is 23.0 Å². The predicted molar refractivity (Wildman–Crippen MR) is 83.2 cm³/mol. The van der Waals surface area contributed by atoms with Crippen molar-refractivity contribution < 1.29 is 14.0 Å². The second-order valence-electron chi connectivity index (χ2n) is 4.59. The van der Waals surface area contributed by atoms with Crippen molar-refractivity contribution in [1.29, 1.82) is 0 Å². The van der Waals surface area contributed by atoms with E-state index in [1.54, 1.807) is 18.3 Å². The van der Waals surface area contributed by atoms with Gasteiger partial charge in [-0.05, 0) is 31.2 Å². The molecule has 0 aliphatic carbocycles. The number of nitrogens with one attached hydrogen (secondary N) is 1. The van der Waals surface area contributed by atoms with Crippen LogP contribution < -0.4 is 5.32 Å². The first kappa shape index (κ1) is 16.2. The normalized spacial score (nSPS) is 10.3. The van der Waals surface area contributed by atoms with Gasteiger partial charge in [0.05, 0.1) is 18.0 Å². The van der Waals surface area contributed by atoms with Crippen molar-refractivity contribution in [2.24, 2.45) is 0 Å².